The molecule has 0 aliphatic carbocycles. The number of rotatable bonds is 8. The Morgan fingerprint density at radius 3 is 2.45 bits per heavy atom. The van der Waals surface area contributed by atoms with Crippen LogP contribution in [0.3, 0.4) is 0 Å². The molecule has 0 atom stereocenters. The number of benzene rings is 3. The largest absolute Gasteiger partial charge is 0.493 e. The Hall–Kier alpha value is -3.65. The molecule has 0 radical (unpaired) electrons. The number of carbonyl (C=O) groups excluding carboxylic acids is 1. The molecule has 8 heteroatoms. The molecule has 31 heavy (non-hydrogen) atoms. The zero-order valence-corrected chi connectivity index (χ0v) is 18.1. The van der Waals surface area contributed by atoms with Gasteiger partial charge in [0.25, 0.3) is 5.69 Å². The highest BCUT2D eigenvalue weighted by Gasteiger charge is 2.12. The van der Waals surface area contributed by atoms with Gasteiger partial charge >= 0.3 is 5.97 Å². The molecule has 0 aliphatic heterocycles. The van der Waals surface area contributed by atoms with Crippen LogP contribution in [-0.4, -0.2) is 18.0 Å². The number of non-ortho nitro benzene ring substituents is 1. The van der Waals surface area contributed by atoms with E-state index in [1.165, 1.54) is 37.5 Å². The van der Waals surface area contributed by atoms with Gasteiger partial charge in [0.1, 0.15) is 12.4 Å². The van der Waals surface area contributed by atoms with Crippen molar-refractivity contribution in [3.63, 3.8) is 0 Å². The van der Waals surface area contributed by atoms with Gasteiger partial charge in [-0.25, -0.2) is 4.79 Å². The van der Waals surface area contributed by atoms with Crippen LogP contribution in [0.2, 0.25) is 0 Å². The van der Waals surface area contributed by atoms with Crippen molar-refractivity contribution in [3.8, 4) is 17.2 Å². The molecule has 0 saturated carbocycles. The number of hydrogen-bond acceptors (Lipinski definition) is 6. The van der Waals surface area contributed by atoms with Crippen LogP contribution < -0.4 is 14.2 Å². The van der Waals surface area contributed by atoms with Crippen LogP contribution in [0.4, 0.5) is 5.69 Å². The number of nitro groups is 1. The fraction of sp³-hybridized carbons (Fsp3) is 0.0870. The summed E-state index contributed by atoms with van der Waals surface area (Å²) in [6.45, 7) is 0.381. The fourth-order valence-corrected chi connectivity index (χ4v) is 3.23. The normalized spacial score (nSPS) is 10.6. The van der Waals surface area contributed by atoms with E-state index in [9.17, 15) is 14.9 Å². The lowest BCUT2D eigenvalue weighted by Gasteiger charge is -2.13. The summed E-state index contributed by atoms with van der Waals surface area (Å²) in [7, 11) is 1.54. The van der Waals surface area contributed by atoms with Gasteiger partial charge in [-0.3, -0.25) is 10.1 Å². The quantitative estimate of drug-likeness (QED) is 0.137. The molecule has 0 saturated heterocycles. The zero-order valence-electron chi connectivity index (χ0n) is 16.5. The summed E-state index contributed by atoms with van der Waals surface area (Å²) in [6.07, 6.45) is 2.83. The topological polar surface area (TPSA) is 87.9 Å². The maximum Gasteiger partial charge on any atom is 0.336 e. The van der Waals surface area contributed by atoms with Crippen molar-refractivity contribution in [2.45, 2.75) is 6.61 Å². The lowest BCUT2D eigenvalue weighted by atomic mass is 10.2. The molecule has 0 unspecified atom stereocenters. The Morgan fingerprint density at radius 1 is 1.10 bits per heavy atom. The van der Waals surface area contributed by atoms with Crippen LogP contribution in [-0.2, 0) is 11.4 Å². The first-order valence-corrected chi connectivity index (χ1v) is 9.94. The lowest BCUT2D eigenvalue weighted by Crippen LogP contribution is -2.03. The van der Waals surface area contributed by atoms with Gasteiger partial charge in [0, 0.05) is 18.2 Å². The molecule has 3 aromatic carbocycles. The smallest absolute Gasteiger partial charge is 0.336 e. The molecule has 0 spiro atoms. The molecule has 0 N–H and O–H groups in total. The summed E-state index contributed by atoms with van der Waals surface area (Å²) < 4.78 is 17.1. The van der Waals surface area contributed by atoms with Crippen molar-refractivity contribution >= 4 is 33.7 Å². The van der Waals surface area contributed by atoms with Crippen LogP contribution in [0.5, 0.6) is 17.2 Å². The van der Waals surface area contributed by atoms with Crippen LogP contribution in [0.15, 0.2) is 77.3 Å². The van der Waals surface area contributed by atoms with E-state index < -0.39 is 10.9 Å². The highest BCUT2D eigenvalue weighted by atomic mass is 79.9. The van der Waals surface area contributed by atoms with Crippen molar-refractivity contribution in [2.75, 3.05) is 7.11 Å². The van der Waals surface area contributed by atoms with E-state index in [4.69, 9.17) is 14.2 Å². The fourth-order valence-electron chi connectivity index (χ4n) is 2.66. The second-order valence-electron chi connectivity index (χ2n) is 6.31. The minimum Gasteiger partial charge on any atom is -0.493 e. The third-order valence-electron chi connectivity index (χ3n) is 4.16. The van der Waals surface area contributed by atoms with Crippen molar-refractivity contribution < 1.29 is 23.9 Å². The summed E-state index contributed by atoms with van der Waals surface area (Å²) in [5.74, 6) is 0.655. The van der Waals surface area contributed by atoms with Crippen molar-refractivity contribution in [1.82, 2.24) is 0 Å². The molecule has 0 fully saturated rings. The third kappa shape index (κ3) is 6.16. The van der Waals surface area contributed by atoms with Gasteiger partial charge in [-0.2, -0.15) is 0 Å². The third-order valence-corrected chi connectivity index (χ3v) is 4.74. The van der Waals surface area contributed by atoms with Crippen LogP contribution in [0, 0.1) is 10.1 Å². The van der Waals surface area contributed by atoms with Gasteiger partial charge in [0.05, 0.1) is 16.5 Å². The van der Waals surface area contributed by atoms with Crippen molar-refractivity contribution in [1.29, 1.82) is 0 Å². The predicted molar refractivity (Wildman–Crippen MR) is 119 cm³/mol. The average Bonchev–Trinajstić information content (AvgIpc) is 2.77. The van der Waals surface area contributed by atoms with E-state index in [1.807, 2.05) is 30.3 Å². The first-order chi connectivity index (χ1) is 15.0. The highest BCUT2D eigenvalue weighted by molar-refractivity contribution is 9.10. The number of esters is 1. The molecule has 0 amide bonds. The molecule has 7 nitrogen and oxygen atoms in total. The van der Waals surface area contributed by atoms with Gasteiger partial charge < -0.3 is 14.2 Å². The van der Waals surface area contributed by atoms with Gasteiger partial charge in [0.15, 0.2) is 11.5 Å². The number of carbonyl (C=O) groups is 1. The van der Waals surface area contributed by atoms with E-state index in [0.29, 0.717) is 28.1 Å². The first-order valence-electron chi connectivity index (χ1n) is 9.15. The number of halogens is 1. The molecule has 0 heterocycles. The summed E-state index contributed by atoms with van der Waals surface area (Å²) >= 11 is 3.48. The number of nitro benzene ring substituents is 1. The second-order valence-corrected chi connectivity index (χ2v) is 7.17. The summed E-state index contributed by atoms with van der Waals surface area (Å²) in [6, 6.07) is 18.5. The predicted octanol–water partition coefficient (Wildman–Crippen LogP) is 5.56. The van der Waals surface area contributed by atoms with Crippen LogP contribution in [0.1, 0.15) is 11.1 Å². The lowest BCUT2D eigenvalue weighted by molar-refractivity contribution is -0.384. The average molecular weight is 484 g/mol. The maximum atomic E-state index is 12.1. The van der Waals surface area contributed by atoms with E-state index in [1.54, 1.807) is 18.2 Å². The molecule has 0 aliphatic rings. The first kappa shape index (κ1) is 22.0. The Morgan fingerprint density at radius 2 is 1.81 bits per heavy atom. The molecule has 0 bridgehead atoms. The molecular weight excluding hydrogens is 466 g/mol. The number of methoxy groups -OCH3 is 1. The standard InChI is InChI=1S/C23H18BrNO6/c1-29-21-14-17(13-20(24)23(21)30-15-16-5-3-2-4-6-16)7-12-22(26)31-19-10-8-18(9-11-19)25(27)28/h2-14H,15H2,1H3/b12-7+. The number of ether oxygens (including phenoxy) is 3. The summed E-state index contributed by atoms with van der Waals surface area (Å²) in [4.78, 5) is 22.2. The number of nitrogens with zero attached hydrogens (tertiary/aromatic N) is 1. The van der Waals surface area contributed by atoms with Gasteiger partial charge in [-0.05, 0) is 57.4 Å². The minimum absolute atomic E-state index is 0.0816. The Balaban J connectivity index is 1.67. The SMILES string of the molecule is COc1cc(/C=C/C(=O)Oc2ccc([N+](=O)[O-])cc2)cc(Br)c1OCc1ccccc1. The van der Waals surface area contributed by atoms with Crippen molar-refractivity contribution in [2.24, 2.45) is 0 Å². The van der Waals surface area contributed by atoms with E-state index in [2.05, 4.69) is 15.9 Å². The Labute approximate surface area is 187 Å². The number of hydrogen-bond donors (Lipinski definition) is 0. The highest BCUT2D eigenvalue weighted by Crippen LogP contribution is 2.37. The van der Waals surface area contributed by atoms with Gasteiger partial charge in [-0.15, -0.1) is 0 Å². The second kappa shape index (κ2) is 10.4. The summed E-state index contributed by atoms with van der Waals surface area (Å²) in [5, 5.41) is 10.7. The molecular formula is C23H18BrNO6. The van der Waals surface area contributed by atoms with E-state index in [0.717, 1.165) is 5.56 Å². The van der Waals surface area contributed by atoms with Crippen LogP contribution in [0.25, 0.3) is 6.08 Å². The van der Waals surface area contributed by atoms with E-state index in [-0.39, 0.29) is 11.4 Å². The zero-order chi connectivity index (χ0) is 22.2. The molecule has 3 rings (SSSR count). The van der Waals surface area contributed by atoms with Gasteiger partial charge in [-0.1, -0.05) is 30.3 Å². The summed E-state index contributed by atoms with van der Waals surface area (Å²) in [5.41, 5.74) is 1.63. The Bertz CT molecular complexity index is 1100. The van der Waals surface area contributed by atoms with Crippen LogP contribution >= 0.6 is 15.9 Å². The minimum atomic E-state index is -0.617. The van der Waals surface area contributed by atoms with Gasteiger partial charge in [0.2, 0.25) is 0 Å². The Kier molecular flexibility index (Phi) is 7.40. The maximum absolute atomic E-state index is 12.1. The van der Waals surface area contributed by atoms with E-state index >= 15 is 0 Å². The monoisotopic (exact) mass is 483 g/mol. The molecule has 0 aromatic heterocycles. The molecule has 158 valence electrons. The van der Waals surface area contributed by atoms with Crippen molar-refractivity contribution in [3.05, 3.63) is 98.5 Å². The molecule has 3 aromatic rings.